The zero-order valence-corrected chi connectivity index (χ0v) is 8.73. The van der Waals surface area contributed by atoms with E-state index in [-0.39, 0.29) is 18.6 Å². The van der Waals surface area contributed by atoms with Crippen LogP contribution < -0.4 is 0 Å². The number of carbonyl (C=O) groups excluding carboxylic acids is 1. The van der Waals surface area contributed by atoms with Crippen LogP contribution in [0.25, 0.3) is 0 Å². The van der Waals surface area contributed by atoms with E-state index in [9.17, 15) is 4.79 Å². The molecule has 0 rings (SSSR count). The molecule has 0 aromatic carbocycles. The Balaban J connectivity index is 3.57. The minimum Gasteiger partial charge on any atom is -0.396 e. The number of nitrogens with zero attached hydrogens (tertiary/aromatic N) is 1. The first-order chi connectivity index (χ1) is 5.59. The lowest BCUT2D eigenvalue weighted by Crippen LogP contribution is -2.34. The van der Waals surface area contributed by atoms with Crippen LogP contribution in [0, 0.1) is 0 Å². The Bertz CT molecular complexity index is 139. The third-order valence-electron chi connectivity index (χ3n) is 1.63. The summed E-state index contributed by atoms with van der Waals surface area (Å²) in [6.07, 6.45) is 0. The number of amides is 1. The highest BCUT2D eigenvalue weighted by Crippen LogP contribution is 2.02. The fraction of sp³-hybridized carbons (Fsp3) is 0.875. The first-order valence-electron chi connectivity index (χ1n) is 4.03. The van der Waals surface area contributed by atoms with Gasteiger partial charge in [0.1, 0.15) is 0 Å². The van der Waals surface area contributed by atoms with E-state index in [0.29, 0.717) is 11.5 Å². The SMILES string of the molecule is CC(C)N(C)C(=O)CSCCO. The predicted octanol–water partition coefficient (Wildman–Crippen LogP) is 0.579. The standard InChI is InChI=1S/C8H17NO2S/c1-7(2)9(3)8(11)6-12-5-4-10/h7,10H,4-6H2,1-3H3. The summed E-state index contributed by atoms with van der Waals surface area (Å²) in [5.74, 6) is 1.23. The number of aliphatic hydroxyl groups excluding tert-OH is 1. The molecular formula is C8H17NO2S. The molecule has 0 unspecified atom stereocenters. The lowest BCUT2D eigenvalue weighted by Gasteiger charge is -2.20. The Labute approximate surface area is 78.1 Å². The van der Waals surface area contributed by atoms with Crippen molar-refractivity contribution in [1.29, 1.82) is 0 Å². The second kappa shape index (κ2) is 6.31. The van der Waals surface area contributed by atoms with Crippen molar-refractivity contribution >= 4 is 17.7 Å². The molecule has 0 atom stereocenters. The minimum atomic E-state index is 0.128. The lowest BCUT2D eigenvalue weighted by atomic mass is 10.3. The molecule has 0 fully saturated rings. The molecule has 0 saturated heterocycles. The van der Waals surface area contributed by atoms with Gasteiger partial charge in [-0.25, -0.2) is 0 Å². The normalized spacial score (nSPS) is 10.4. The van der Waals surface area contributed by atoms with Crippen LogP contribution in [0.4, 0.5) is 0 Å². The maximum atomic E-state index is 11.3. The van der Waals surface area contributed by atoms with Crippen molar-refractivity contribution in [3.8, 4) is 0 Å². The highest BCUT2D eigenvalue weighted by Gasteiger charge is 2.10. The van der Waals surface area contributed by atoms with E-state index in [4.69, 9.17) is 5.11 Å². The third-order valence-corrected chi connectivity index (χ3v) is 2.55. The van der Waals surface area contributed by atoms with Gasteiger partial charge in [-0.3, -0.25) is 4.79 Å². The van der Waals surface area contributed by atoms with Crippen LogP contribution in [0.1, 0.15) is 13.8 Å². The quantitative estimate of drug-likeness (QED) is 0.646. The van der Waals surface area contributed by atoms with Crippen LogP contribution in [-0.2, 0) is 4.79 Å². The summed E-state index contributed by atoms with van der Waals surface area (Å²) in [6, 6.07) is 0.257. The highest BCUT2D eigenvalue weighted by atomic mass is 32.2. The predicted molar refractivity (Wildman–Crippen MR) is 52.3 cm³/mol. The molecule has 3 nitrogen and oxygen atoms in total. The smallest absolute Gasteiger partial charge is 0.232 e. The van der Waals surface area contributed by atoms with Crippen LogP contribution in [0.2, 0.25) is 0 Å². The Morgan fingerprint density at radius 2 is 2.17 bits per heavy atom. The topological polar surface area (TPSA) is 40.5 Å². The summed E-state index contributed by atoms with van der Waals surface area (Å²) in [6.45, 7) is 4.10. The Morgan fingerprint density at radius 1 is 1.58 bits per heavy atom. The maximum Gasteiger partial charge on any atom is 0.232 e. The molecule has 1 N–H and O–H groups in total. The second-order valence-corrected chi connectivity index (χ2v) is 3.98. The second-order valence-electron chi connectivity index (χ2n) is 2.87. The molecule has 72 valence electrons. The molecule has 0 aliphatic carbocycles. The monoisotopic (exact) mass is 191 g/mol. The van der Waals surface area contributed by atoms with Gasteiger partial charge in [-0.2, -0.15) is 0 Å². The van der Waals surface area contributed by atoms with Gasteiger partial charge in [-0.15, -0.1) is 11.8 Å². The molecular weight excluding hydrogens is 174 g/mol. The van der Waals surface area contributed by atoms with E-state index in [0.717, 1.165) is 0 Å². The maximum absolute atomic E-state index is 11.3. The number of carbonyl (C=O) groups is 1. The summed E-state index contributed by atoms with van der Waals surface area (Å²) in [5.41, 5.74) is 0. The van der Waals surface area contributed by atoms with E-state index in [1.165, 1.54) is 11.8 Å². The highest BCUT2D eigenvalue weighted by molar-refractivity contribution is 7.99. The van der Waals surface area contributed by atoms with Crippen molar-refractivity contribution in [3.63, 3.8) is 0 Å². The fourth-order valence-corrected chi connectivity index (χ4v) is 1.27. The van der Waals surface area contributed by atoms with Gasteiger partial charge in [0, 0.05) is 18.8 Å². The van der Waals surface area contributed by atoms with E-state index in [1.54, 1.807) is 11.9 Å². The van der Waals surface area contributed by atoms with Crippen molar-refractivity contribution in [3.05, 3.63) is 0 Å². The van der Waals surface area contributed by atoms with Crippen LogP contribution in [0.5, 0.6) is 0 Å². The molecule has 0 aromatic rings. The Morgan fingerprint density at radius 3 is 2.58 bits per heavy atom. The van der Waals surface area contributed by atoms with E-state index in [2.05, 4.69) is 0 Å². The molecule has 0 radical (unpaired) electrons. The van der Waals surface area contributed by atoms with Gasteiger partial charge in [0.05, 0.1) is 12.4 Å². The molecule has 0 aliphatic rings. The van der Waals surface area contributed by atoms with Gasteiger partial charge < -0.3 is 10.0 Å². The van der Waals surface area contributed by atoms with Crippen molar-refractivity contribution in [2.75, 3.05) is 25.2 Å². The van der Waals surface area contributed by atoms with Crippen LogP contribution in [-0.4, -0.2) is 47.1 Å². The van der Waals surface area contributed by atoms with Gasteiger partial charge >= 0.3 is 0 Å². The molecule has 12 heavy (non-hydrogen) atoms. The number of rotatable bonds is 5. The summed E-state index contributed by atoms with van der Waals surface area (Å²) in [7, 11) is 1.80. The summed E-state index contributed by atoms with van der Waals surface area (Å²) in [5, 5.41) is 8.48. The van der Waals surface area contributed by atoms with Crippen LogP contribution in [0.15, 0.2) is 0 Å². The van der Waals surface area contributed by atoms with Crippen LogP contribution in [0.3, 0.4) is 0 Å². The zero-order chi connectivity index (χ0) is 9.56. The zero-order valence-electron chi connectivity index (χ0n) is 7.91. The molecule has 4 heteroatoms. The van der Waals surface area contributed by atoms with Gasteiger partial charge in [0.25, 0.3) is 0 Å². The summed E-state index contributed by atoms with van der Waals surface area (Å²) < 4.78 is 0. The molecule has 0 aromatic heterocycles. The fourth-order valence-electron chi connectivity index (χ4n) is 0.614. The minimum absolute atomic E-state index is 0.128. The van der Waals surface area contributed by atoms with Crippen molar-refractivity contribution in [2.45, 2.75) is 19.9 Å². The summed E-state index contributed by atoms with van der Waals surface area (Å²) in [4.78, 5) is 13.0. The van der Waals surface area contributed by atoms with Gasteiger partial charge in [0.2, 0.25) is 5.91 Å². The molecule has 1 amide bonds. The van der Waals surface area contributed by atoms with Gasteiger partial charge in [0.15, 0.2) is 0 Å². The first-order valence-corrected chi connectivity index (χ1v) is 5.19. The van der Waals surface area contributed by atoms with Crippen LogP contribution >= 0.6 is 11.8 Å². The average molecular weight is 191 g/mol. The molecule has 0 saturated carbocycles. The molecule has 0 spiro atoms. The first kappa shape index (κ1) is 11.8. The van der Waals surface area contributed by atoms with Crippen molar-refractivity contribution in [1.82, 2.24) is 4.90 Å². The van der Waals surface area contributed by atoms with E-state index >= 15 is 0 Å². The number of hydrogen-bond acceptors (Lipinski definition) is 3. The third kappa shape index (κ3) is 4.62. The Kier molecular flexibility index (Phi) is 6.20. The summed E-state index contributed by atoms with van der Waals surface area (Å²) >= 11 is 1.47. The largest absolute Gasteiger partial charge is 0.396 e. The average Bonchev–Trinajstić information content (AvgIpc) is 2.03. The number of thioether (sulfide) groups is 1. The van der Waals surface area contributed by atoms with Gasteiger partial charge in [-0.05, 0) is 13.8 Å². The molecule has 0 bridgehead atoms. The van der Waals surface area contributed by atoms with Crippen molar-refractivity contribution in [2.24, 2.45) is 0 Å². The number of hydrogen-bond donors (Lipinski definition) is 1. The molecule has 0 aliphatic heterocycles. The number of aliphatic hydroxyl groups is 1. The van der Waals surface area contributed by atoms with Gasteiger partial charge in [-0.1, -0.05) is 0 Å². The Hall–Kier alpha value is -0.220. The van der Waals surface area contributed by atoms with E-state index in [1.807, 2.05) is 13.8 Å². The van der Waals surface area contributed by atoms with E-state index < -0.39 is 0 Å². The van der Waals surface area contributed by atoms with Crippen molar-refractivity contribution < 1.29 is 9.90 Å². The lowest BCUT2D eigenvalue weighted by molar-refractivity contribution is -0.128. The molecule has 0 heterocycles.